The molecule has 0 saturated heterocycles. The van der Waals surface area contributed by atoms with Crippen LogP contribution in [-0.4, -0.2) is 53.8 Å². The number of hydrogen-bond acceptors (Lipinski definition) is 4. The van der Waals surface area contributed by atoms with Gasteiger partial charge < -0.3 is 9.64 Å². The summed E-state index contributed by atoms with van der Waals surface area (Å²) in [7, 11) is 3.98. The molecule has 102 valence electrons. The van der Waals surface area contributed by atoms with Crippen molar-refractivity contribution < 1.29 is 9.53 Å². The van der Waals surface area contributed by atoms with E-state index in [1.807, 2.05) is 21.0 Å². The van der Waals surface area contributed by atoms with Gasteiger partial charge in [-0.1, -0.05) is 0 Å². The number of ketones is 1. The number of hydrogen-bond donors (Lipinski definition) is 0. The zero-order chi connectivity index (χ0) is 13.7. The second-order valence-electron chi connectivity index (χ2n) is 4.33. The normalized spacial score (nSPS) is 13.0. The van der Waals surface area contributed by atoms with Gasteiger partial charge in [-0.3, -0.25) is 9.48 Å². The van der Waals surface area contributed by atoms with Crippen molar-refractivity contribution in [2.75, 3.05) is 27.2 Å². The first kappa shape index (κ1) is 15.3. The van der Waals surface area contributed by atoms with Gasteiger partial charge in [0.25, 0.3) is 0 Å². The molecule has 1 unspecified atom stereocenters. The van der Waals surface area contributed by atoms with Crippen LogP contribution < -0.4 is 0 Å². The summed E-state index contributed by atoms with van der Waals surface area (Å²) in [4.78, 5) is 14.3. The molecular weight excluding hydrogens is 298 g/mol. The largest absolute Gasteiger partial charge is 0.371 e. The number of Topliss-reactive ketones (excluding diaryl/α,β-unsaturated/α-hetero) is 1. The lowest BCUT2D eigenvalue weighted by atomic mass is 10.2. The predicted molar refractivity (Wildman–Crippen MR) is 73.9 cm³/mol. The summed E-state index contributed by atoms with van der Waals surface area (Å²) >= 11 is 3.37. The highest BCUT2D eigenvalue weighted by Gasteiger charge is 2.22. The zero-order valence-corrected chi connectivity index (χ0v) is 12.9. The quantitative estimate of drug-likeness (QED) is 0.720. The Kier molecular flexibility index (Phi) is 5.98. The average molecular weight is 318 g/mol. The molecule has 0 aliphatic rings. The van der Waals surface area contributed by atoms with Crippen LogP contribution in [0.2, 0.25) is 0 Å². The maximum absolute atomic E-state index is 12.3. The van der Waals surface area contributed by atoms with Crippen LogP contribution in [0.3, 0.4) is 0 Å². The fraction of sp³-hybridized carbons (Fsp3) is 0.667. The molecular formula is C12H20BrN3O2. The fourth-order valence-electron chi connectivity index (χ4n) is 1.59. The Morgan fingerprint density at radius 1 is 1.61 bits per heavy atom. The van der Waals surface area contributed by atoms with Gasteiger partial charge in [-0.2, -0.15) is 5.10 Å². The molecule has 5 nitrogen and oxygen atoms in total. The lowest BCUT2D eigenvalue weighted by Crippen LogP contribution is -2.26. The first-order valence-electron chi connectivity index (χ1n) is 5.99. The maximum Gasteiger partial charge on any atom is 0.210 e. The molecule has 0 bridgehead atoms. The van der Waals surface area contributed by atoms with Crippen molar-refractivity contribution in [2.45, 2.75) is 26.5 Å². The summed E-state index contributed by atoms with van der Waals surface area (Å²) in [6.45, 7) is 5.68. The van der Waals surface area contributed by atoms with Gasteiger partial charge >= 0.3 is 0 Å². The summed E-state index contributed by atoms with van der Waals surface area (Å²) in [5, 5.41) is 4.22. The standard InChI is InChI=1S/C12H20BrN3O2/c1-5-18-9(2)12(17)11-10(13)8-14-16(11)7-6-15(3)4/h8-9H,5-7H2,1-4H3. The van der Waals surface area contributed by atoms with Gasteiger partial charge in [0.05, 0.1) is 17.2 Å². The third-order valence-electron chi connectivity index (χ3n) is 2.57. The van der Waals surface area contributed by atoms with Gasteiger partial charge in [-0.25, -0.2) is 0 Å². The third-order valence-corrected chi connectivity index (χ3v) is 3.15. The molecule has 0 aromatic carbocycles. The smallest absolute Gasteiger partial charge is 0.210 e. The Morgan fingerprint density at radius 2 is 2.28 bits per heavy atom. The van der Waals surface area contributed by atoms with Crippen molar-refractivity contribution in [1.29, 1.82) is 0 Å². The van der Waals surface area contributed by atoms with Crippen molar-refractivity contribution in [3.63, 3.8) is 0 Å². The minimum Gasteiger partial charge on any atom is -0.371 e. The van der Waals surface area contributed by atoms with Crippen LogP contribution in [-0.2, 0) is 11.3 Å². The SMILES string of the molecule is CCOC(C)C(=O)c1c(Br)cnn1CCN(C)C. The van der Waals surface area contributed by atoms with E-state index in [1.54, 1.807) is 17.8 Å². The van der Waals surface area contributed by atoms with Crippen LogP contribution in [0, 0.1) is 0 Å². The molecule has 0 spiro atoms. The van der Waals surface area contributed by atoms with Crippen molar-refractivity contribution >= 4 is 21.7 Å². The first-order valence-corrected chi connectivity index (χ1v) is 6.78. The van der Waals surface area contributed by atoms with Crippen LogP contribution >= 0.6 is 15.9 Å². The number of carbonyl (C=O) groups excluding carboxylic acids is 1. The Balaban J connectivity index is 2.86. The fourth-order valence-corrected chi connectivity index (χ4v) is 2.08. The van der Waals surface area contributed by atoms with Crippen molar-refractivity contribution in [3.8, 4) is 0 Å². The minimum atomic E-state index is -0.443. The topological polar surface area (TPSA) is 47.4 Å². The summed E-state index contributed by atoms with van der Waals surface area (Å²) in [6, 6.07) is 0. The lowest BCUT2D eigenvalue weighted by Gasteiger charge is -2.14. The maximum atomic E-state index is 12.3. The Bertz CT molecular complexity index is 404. The highest BCUT2D eigenvalue weighted by Crippen LogP contribution is 2.18. The lowest BCUT2D eigenvalue weighted by molar-refractivity contribution is 0.0509. The molecule has 1 heterocycles. The number of aromatic nitrogens is 2. The highest BCUT2D eigenvalue weighted by molar-refractivity contribution is 9.10. The second-order valence-corrected chi connectivity index (χ2v) is 5.18. The van der Waals surface area contributed by atoms with Gasteiger partial charge in [0.1, 0.15) is 11.8 Å². The monoisotopic (exact) mass is 317 g/mol. The molecule has 0 radical (unpaired) electrons. The highest BCUT2D eigenvalue weighted by atomic mass is 79.9. The van der Waals surface area contributed by atoms with Crippen LogP contribution in [0.4, 0.5) is 0 Å². The van der Waals surface area contributed by atoms with Crippen molar-refractivity contribution in [1.82, 2.24) is 14.7 Å². The first-order chi connectivity index (χ1) is 8.47. The average Bonchev–Trinajstić information content (AvgIpc) is 2.67. The van der Waals surface area contributed by atoms with Gasteiger partial charge in [0.2, 0.25) is 5.78 Å². The molecule has 0 N–H and O–H groups in total. The van der Waals surface area contributed by atoms with Crippen LogP contribution in [0.25, 0.3) is 0 Å². The Morgan fingerprint density at radius 3 is 2.83 bits per heavy atom. The molecule has 0 amide bonds. The van der Waals surface area contributed by atoms with E-state index in [4.69, 9.17) is 4.74 Å². The van der Waals surface area contributed by atoms with E-state index in [2.05, 4.69) is 25.9 Å². The summed E-state index contributed by atoms with van der Waals surface area (Å²) in [6.07, 6.45) is 1.21. The van der Waals surface area contributed by atoms with Crippen molar-refractivity contribution in [3.05, 3.63) is 16.4 Å². The molecule has 1 aromatic heterocycles. The van der Waals surface area contributed by atoms with E-state index in [0.717, 1.165) is 11.0 Å². The zero-order valence-electron chi connectivity index (χ0n) is 11.3. The van der Waals surface area contributed by atoms with E-state index < -0.39 is 6.10 Å². The number of nitrogens with zero attached hydrogens (tertiary/aromatic N) is 3. The number of likely N-dealkylation sites (N-methyl/N-ethyl adjacent to an activating group) is 1. The second kappa shape index (κ2) is 7.01. The molecule has 0 aliphatic heterocycles. The Hall–Kier alpha value is -0.720. The number of rotatable bonds is 7. The number of ether oxygens (including phenoxy) is 1. The molecule has 0 saturated carbocycles. The van der Waals surface area contributed by atoms with E-state index in [1.165, 1.54) is 0 Å². The molecule has 18 heavy (non-hydrogen) atoms. The van der Waals surface area contributed by atoms with Gasteiger partial charge in [-0.15, -0.1) is 0 Å². The molecule has 1 rings (SSSR count). The molecule has 0 aliphatic carbocycles. The van der Waals surface area contributed by atoms with Crippen LogP contribution in [0.1, 0.15) is 24.3 Å². The van der Waals surface area contributed by atoms with Crippen molar-refractivity contribution in [2.24, 2.45) is 0 Å². The summed E-state index contributed by atoms with van der Waals surface area (Å²) < 4.78 is 7.79. The minimum absolute atomic E-state index is 0.0417. The Labute approximate surface area is 116 Å². The molecule has 1 atom stereocenters. The summed E-state index contributed by atoms with van der Waals surface area (Å²) in [5.41, 5.74) is 0.581. The van der Waals surface area contributed by atoms with E-state index in [9.17, 15) is 4.79 Å². The molecule has 6 heteroatoms. The summed E-state index contributed by atoms with van der Waals surface area (Å²) in [5.74, 6) is -0.0417. The van der Waals surface area contributed by atoms with Gasteiger partial charge in [0.15, 0.2) is 0 Å². The van der Waals surface area contributed by atoms with E-state index in [-0.39, 0.29) is 5.78 Å². The van der Waals surface area contributed by atoms with Gasteiger partial charge in [0, 0.05) is 13.2 Å². The van der Waals surface area contributed by atoms with Gasteiger partial charge in [-0.05, 0) is 43.9 Å². The third kappa shape index (κ3) is 3.90. The molecule has 1 aromatic rings. The predicted octanol–water partition coefficient (Wildman–Crippen LogP) is 1.81. The van der Waals surface area contributed by atoms with E-state index >= 15 is 0 Å². The number of carbonyl (C=O) groups is 1. The number of halogens is 1. The molecule has 0 fully saturated rings. The van der Waals surface area contributed by atoms with E-state index in [0.29, 0.717) is 18.8 Å². The van der Waals surface area contributed by atoms with Crippen LogP contribution in [0.15, 0.2) is 10.7 Å². The van der Waals surface area contributed by atoms with Crippen LogP contribution in [0.5, 0.6) is 0 Å².